The molecule has 1 aliphatic rings. The number of hydrogen-bond acceptors (Lipinski definition) is 4. The molecule has 1 atom stereocenters. The Morgan fingerprint density at radius 2 is 2.29 bits per heavy atom. The fourth-order valence-corrected chi connectivity index (χ4v) is 1.26. The summed E-state index contributed by atoms with van der Waals surface area (Å²) in [7, 11) is 0. The standard InChI is InChI=1S/C10H18O4/c1-2-3-4-5-9(11)14-10-8-12-6-7-13-10/h10H,2-8H2,1H3/t10-/m1/s1. The molecule has 0 aromatic carbocycles. The van der Waals surface area contributed by atoms with Crippen LogP contribution in [0, 0.1) is 0 Å². The Kier molecular flexibility index (Phi) is 5.56. The second kappa shape index (κ2) is 6.79. The number of esters is 1. The van der Waals surface area contributed by atoms with Crippen molar-refractivity contribution in [3.8, 4) is 0 Å². The van der Waals surface area contributed by atoms with Crippen LogP contribution in [0.4, 0.5) is 0 Å². The van der Waals surface area contributed by atoms with Crippen molar-refractivity contribution in [1.82, 2.24) is 0 Å². The molecule has 1 saturated heterocycles. The summed E-state index contributed by atoms with van der Waals surface area (Å²) in [5.74, 6) is -0.186. The van der Waals surface area contributed by atoms with E-state index in [9.17, 15) is 4.79 Å². The molecule has 0 saturated carbocycles. The van der Waals surface area contributed by atoms with Gasteiger partial charge >= 0.3 is 5.97 Å². The fourth-order valence-electron chi connectivity index (χ4n) is 1.26. The van der Waals surface area contributed by atoms with Gasteiger partial charge in [0.15, 0.2) is 0 Å². The van der Waals surface area contributed by atoms with Gasteiger partial charge in [-0.2, -0.15) is 0 Å². The fraction of sp³-hybridized carbons (Fsp3) is 0.900. The zero-order valence-electron chi connectivity index (χ0n) is 8.66. The first-order valence-corrected chi connectivity index (χ1v) is 5.21. The zero-order valence-corrected chi connectivity index (χ0v) is 8.66. The van der Waals surface area contributed by atoms with Crippen LogP contribution in [0.15, 0.2) is 0 Å². The Bertz CT molecular complexity index is 164. The van der Waals surface area contributed by atoms with Crippen LogP contribution in [0.1, 0.15) is 32.6 Å². The minimum Gasteiger partial charge on any atom is -0.433 e. The van der Waals surface area contributed by atoms with Gasteiger partial charge in [0.05, 0.1) is 13.2 Å². The molecule has 0 amide bonds. The summed E-state index contributed by atoms with van der Waals surface area (Å²) in [5.41, 5.74) is 0. The molecule has 0 aromatic heterocycles. The van der Waals surface area contributed by atoms with Crippen molar-refractivity contribution in [2.45, 2.75) is 38.9 Å². The summed E-state index contributed by atoms with van der Waals surface area (Å²) in [4.78, 5) is 11.2. The average Bonchev–Trinajstić information content (AvgIpc) is 2.20. The van der Waals surface area contributed by atoms with Crippen molar-refractivity contribution in [3.05, 3.63) is 0 Å². The van der Waals surface area contributed by atoms with Crippen molar-refractivity contribution < 1.29 is 19.0 Å². The van der Waals surface area contributed by atoms with Crippen molar-refractivity contribution >= 4 is 5.97 Å². The van der Waals surface area contributed by atoms with Gasteiger partial charge in [-0.15, -0.1) is 0 Å². The van der Waals surface area contributed by atoms with Gasteiger partial charge in [0, 0.05) is 6.42 Å². The van der Waals surface area contributed by atoms with Crippen molar-refractivity contribution in [2.75, 3.05) is 19.8 Å². The number of carbonyl (C=O) groups is 1. The highest BCUT2D eigenvalue weighted by molar-refractivity contribution is 5.69. The van der Waals surface area contributed by atoms with Crippen LogP contribution < -0.4 is 0 Å². The molecule has 4 heteroatoms. The summed E-state index contributed by atoms with van der Waals surface area (Å²) < 4.78 is 15.3. The Morgan fingerprint density at radius 3 is 2.93 bits per heavy atom. The second-order valence-electron chi connectivity index (χ2n) is 3.32. The van der Waals surface area contributed by atoms with Crippen LogP contribution in [0.5, 0.6) is 0 Å². The topological polar surface area (TPSA) is 44.8 Å². The largest absolute Gasteiger partial charge is 0.433 e. The molecule has 0 bridgehead atoms. The lowest BCUT2D eigenvalue weighted by Gasteiger charge is -2.22. The SMILES string of the molecule is CCCCCC(=O)O[C@@H]1COCCO1. The summed E-state index contributed by atoms with van der Waals surface area (Å²) >= 11 is 0. The van der Waals surface area contributed by atoms with E-state index in [1.165, 1.54) is 0 Å². The third-order valence-corrected chi connectivity index (χ3v) is 2.03. The van der Waals surface area contributed by atoms with Gasteiger partial charge in [0.1, 0.15) is 6.61 Å². The summed E-state index contributed by atoms with van der Waals surface area (Å²) in [6.07, 6.45) is 3.06. The zero-order chi connectivity index (χ0) is 10.2. The molecule has 0 N–H and O–H groups in total. The van der Waals surface area contributed by atoms with Crippen molar-refractivity contribution in [3.63, 3.8) is 0 Å². The summed E-state index contributed by atoms with van der Waals surface area (Å²) in [6.45, 7) is 3.56. The molecule has 4 nitrogen and oxygen atoms in total. The monoisotopic (exact) mass is 202 g/mol. The molecule has 1 rings (SSSR count). The molecule has 0 radical (unpaired) electrons. The maximum absolute atomic E-state index is 11.2. The first kappa shape index (κ1) is 11.5. The van der Waals surface area contributed by atoms with E-state index in [0.717, 1.165) is 19.3 Å². The number of rotatable bonds is 5. The molecule has 0 aromatic rings. The molecule has 0 spiro atoms. The Hall–Kier alpha value is -0.610. The van der Waals surface area contributed by atoms with E-state index >= 15 is 0 Å². The molecule has 0 unspecified atom stereocenters. The molecule has 82 valence electrons. The van der Waals surface area contributed by atoms with E-state index in [2.05, 4.69) is 6.92 Å². The van der Waals surface area contributed by atoms with Gasteiger partial charge in [-0.25, -0.2) is 0 Å². The maximum atomic E-state index is 11.2. The Balaban J connectivity index is 2.06. The molecule has 14 heavy (non-hydrogen) atoms. The van der Waals surface area contributed by atoms with E-state index in [0.29, 0.717) is 26.2 Å². The van der Waals surface area contributed by atoms with E-state index in [1.807, 2.05) is 0 Å². The Morgan fingerprint density at radius 1 is 1.43 bits per heavy atom. The highest BCUT2D eigenvalue weighted by Crippen LogP contribution is 2.06. The van der Waals surface area contributed by atoms with Gasteiger partial charge in [-0.05, 0) is 6.42 Å². The quantitative estimate of drug-likeness (QED) is 0.500. The van der Waals surface area contributed by atoms with Crippen LogP contribution in [0.2, 0.25) is 0 Å². The van der Waals surface area contributed by atoms with Gasteiger partial charge < -0.3 is 14.2 Å². The first-order chi connectivity index (χ1) is 6.83. The van der Waals surface area contributed by atoms with E-state index in [1.54, 1.807) is 0 Å². The molecule has 0 aliphatic carbocycles. The van der Waals surface area contributed by atoms with Crippen LogP contribution in [-0.2, 0) is 19.0 Å². The molecule has 1 heterocycles. The molecular formula is C10H18O4. The molecular weight excluding hydrogens is 184 g/mol. The predicted octanol–water partition coefficient (Wildman–Crippen LogP) is 1.48. The van der Waals surface area contributed by atoms with Crippen LogP contribution >= 0.6 is 0 Å². The van der Waals surface area contributed by atoms with Gasteiger partial charge in [0.25, 0.3) is 0 Å². The number of hydrogen-bond donors (Lipinski definition) is 0. The lowest BCUT2D eigenvalue weighted by Crippen LogP contribution is -2.32. The van der Waals surface area contributed by atoms with E-state index in [-0.39, 0.29) is 5.97 Å². The third kappa shape index (κ3) is 4.58. The maximum Gasteiger partial charge on any atom is 0.308 e. The van der Waals surface area contributed by atoms with Gasteiger partial charge in [-0.1, -0.05) is 19.8 Å². The van der Waals surface area contributed by atoms with E-state index in [4.69, 9.17) is 14.2 Å². The summed E-state index contributed by atoms with van der Waals surface area (Å²) in [5, 5.41) is 0. The molecule has 1 fully saturated rings. The van der Waals surface area contributed by atoms with Gasteiger partial charge in [0.2, 0.25) is 6.29 Å². The van der Waals surface area contributed by atoms with Crippen LogP contribution in [0.3, 0.4) is 0 Å². The first-order valence-electron chi connectivity index (χ1n) is 5.21. The summed E-state index contributed by atoms with van der Waals surface area (Å²) in [6, 6.07) is 0. The normalized spacial score (nSPS) is 21.9. The lowest BCUT2D eigenvalue weighted by molar-refractivity contribution is -0.214. The van der Waals surface area contributed by atoms with Crippen LogP contribution in [-0.4, -0.2) is 32.1 Å². The number of carbonyl (C=O) groups excluding carboxylic acids is 1. The molecule has 1 aliphatic heterocycles. The minimum atomic E-state index is -0.488. The predicted molar refractivity (Wildman–Crippen MR) is 50.8 cm³/mol. The smallest absolute Gasteiger partial charge is 0.308 e. The highest BCUT2D eigenvalue weighted by atomic mass is 16.7. The number of unbranched alkanes of at least 4 members (excludes halogenated alkanes) is 2. The van der Waals surface area contributed by atoms with Crippen molar-refractivity contribution in [2.24, 2.45) is 0 Å². The third-order valence-electron chi connectivity index (χ3n) is 2.03. The van der Waals surface area contributed by atoms with E-state index < -0.39 is 6.29 Å². The van der Waals surface area contributed by atoms with Gasteiger partial charge in [-0.3, -0.25) is 4.79 Å². The van der Waals surface area contributed by atoms with Crippen LogP contribution in [0.25, 0.3) is 0 Å². The Labute approximate surface area is 84.5 Å². The average molecular weight is 202 g/mol. The lowest BCUT2D eigenvalue weighted by atomic mass is 10.2. The highest BCUT2D eigenvalue weighted by Gasteiger charge is 2.18. The number of ether oxygens (including phenoxy) is 3. The van der Waals surface area contributed by atoms with Crippen molar-refractivity contribution in [1.29, 1.82) is 0 Å². The second-order valence-corrected chi connectivity index (χ2v) is 3.32. The minimum absolute atomic E-state index is 0.186.